The van der Waals surface area contributed by atoms with Gasteiger partial charge in [0.1, 0.15) is 0 Å². The van der Waals surface area contributed by atoms with E-state index in [9.17, 15) is 0 Å². The summed E-state index contributed by atoms with van der Waals surface area (Å²) in [6.45, 7) is 2.22. The quantitative estimate of drug-likeness (QED) is 0.642. The van der Waals surface area contributed by atoms with Gasteiger partial charge in [-0.15, -0.1) is 0 Å². The van der Waals surface area contributed by atoms with Crippen LogP contribution in [0, 0.1) is 0 Å². The summed E-state index contributed by atoms with van der Waals surface area (Å²) in [5, 5.41) is 0. The molecule has 1 aliphatic rings. The van der Waals surface area contributed by atoms with Crippen LogP contribution in [0.2, 0.25) is 0 Å². The Bertz CT molecular complexity index is 365. The van der Waals surface area contributed by atoms with Gasteiger partial charge in [0.15, 0.2) is 0 Å². The first kappa shape index (κ1) is 10.4. The molecule has 0 spiro atoms. The summed E-state index contributed by atoms with van der Waals surface area (Å²) in [5.74, 6) is 0. The first-order chi connectivity index (χ1) is 7.25. The van der Waals surface area contributed by atoms with Crippen LogP contribution in [-0.2, 0) is 12.8 Å². The lowest BCUT2D eigenvalue weighted by Crippen LogP contribution is -2.22. The van der Waals surface area contributed by atoms with Crippen LogP contribution < -0.4 is 5.73 Å². The molecule has 15 heavy (non-hydrogen) atoms. The van der Waals surface area contributed by atoms with Crippen molar-refractivity contribution in [3.63, 3.8) is 0 Å². The largest absolute Gasteiger partial charge is 0.327 e. The highest BCUT2D eigenvalue weighted by molar-refractivity contribution is 5.31. The van der Waals surface area contributed by atoms with Crippen molar-refractivity contribution >= 4 is 0 Å². The van der Waals surface area contributed by atoms with Gasteiger partial charge in [-0.3, -0.25) is 0 Å². The van der Waals surface area contributed by atoms with Crippen molar-refractivity contribution in [2.75, 3.05) is 0 Å². The van der Waals surface area contributed by atoms with Gasteiger partial charge in [-0.1, -0.05) is 35.9 Å². The lowest BCUT2D eigenvalue weighted by atomic mass is 9.97. The average molecular weight is 201 g/mol. The molecule has 1 heteroatoms. The maximum absolute atomic E-state index is 6.10. The van der Waals surface area contributed by atoms with E-state index in [0.717, 1.165) is 25.7 Å². The lowest BCUT2D eigenvalue weighted by molar-refractivity contribution is 0.617. The minimum absolute atomic E-state index is 0.313. The van der Waals surface area contributed by atoms with Crippen molar-refractivity contribution in [1.82, 2.24) is 0 Å². The van der Waals surface area contributed by atoms with Gasteiger partial charge in [-0.25, -0.2) is 0 Å². The van der Waals surface area contributed by atoms with Gasteiger partial charge in [0.2, 0.25) is 0 Å². The number of fused-ring (bicyclic) bond motifs is 1. The van der Waals surface area contributed by atoms with E-state index in [4.69, 9.17) is 5.73 Å². The third kappa shape index (κ3) is 2.69. The van der Waals surface area contributed by atoms with Crippen LogP contribution in [-0.4, -0.2) is 6.04 Å². The third-order valence-electron chi connectivity index (χ3n) is 3.10. The summed E-state index contributed by atoms with van der Waals surface area (Å²) in [6.07, 6.45) is 6.68. The topological polar surface area (TPSA) is 26.0 Å². The Labute approximate surface area is 92.0 Å². The van der Waals surface area contributed by atoms with E-state index in [1.165, 1.54) is 16.7 Å². The fourth-order valence-electron chi connectivity index (χ4n) is 2.23. The fraction of sp³-hybridized carbons (Fsp3) is 0.429. The Hall–Kier alpha value is -1.08. The number of hydrogen-bond donors (Lipinski definition) is 1. The molecular formula is C14H19N. The number of nitrogens with two attached hydrogens (primary N) is 1. The Morgan fingerprint density at radius 2 is 1.93 bits per heavy atom. The minimum Gasteiger partial charge on any atom is -0.327 e. The van der Waals surface area contributed by atoms with Gasteiger partial charge < -0.3 is 5.73 Å². The maximum Gasteiger partial charge on any atom is 0.00823 e. The van der Waals surface area contributed by atoms with E-state index in [-0.39, 0.29) is 0 Å². The molecule has 1 nitrogen and oxygen atoms in total. The Balaban J connectivity index is 2.32. The summed E-state index contributed by atoms with van der Waals surface area (Å²) in [4.78, 5) is 0. The summed E-state index contributed by atoms with van der Waals surface area (Å²) in [7, 11) is 0. The SMILES string of the molecule is C/C1=C\CCC(N)Cc2ccccc2C1. The Kier molecular flexibility index (Phi) is 3.22. The number of hydrogen-bond acceptors (Lipinski definition) is 1. The predicted molar refractivity (Wildman–Crippen MR) is 64.8 cm³/mol. The molecule has 0 aromatic heterocycles. The van der Waals surface area contributed by atoms with Crippen molar-refractivity contribution < 1.29 is 0 Å². The lowest BCUT2D eigenvalue weighted by Gasteiger charge is -2.12. The van der Waals surface area contributed by atoms with E-state index in [0.29, 0.717) is 6.04 Å². The molecule has 0 heterocycles. The molecule has 0 saturated carbocycles. The summed E-state index contributed by atoms with van der Waals surface area (Å²) < 4.78 is 0. The molecule has 0 amide bonds. The molecular weight excluding hydrogens is 182 g/mol. The van der Waals surface area contributed by atoms with E-state index in [1.807, 2.05) is 0 Å². The van der Waals surface area contributed by atoms with Crippen molar-refractivity contribution in [3.05, 3.63) is 47.0 Å². The van der Waals surface area contributed by atoms with Crippen LogP contribution in [0.25, 0.3) is 0 Å². The van der Waals surface area contributed by atoms with Crippen LogP contribution in [0.15, 0.2) is 35.9 Å². The molecule has 2 N–H and O–H groups in total. The van der Waals surface area contributed by atoms with Crippen LogP contribution in [0.5, 0.6) is 0 Å². The van der Waals surface area contributed by atoms with Crippen LogP contribution in [0.4, 0.5) is 0 Å². The van der Waals surface area contributed by atoms with Gasteiger partial charge in [0.05, 0.1) is 0 Å². The summed E-state index contributed by atoms with van der Waals surface area (Å²) >= 11 is 0. The van der Waals surface area contributed by atoms with Crippen molar-refractivity contribution in [2.24, 2.45) is 5.73 Å². The zero-order chi connectivity index (χ0) is 10.7. The molecule has 80 valence electrons. The number of benzene rings is 1. The van der Waals surface area contributed by atoms with E-state index >= 15 is 0 Å². The average Bonchev–Trinajstić information content (AvgIpc) is 2.26. The summed E-state index contributed by atoms with van der Waals surface area (Å²) in [6, 6.07) is 8.99. The van der Waals surface area contributed by atoms with Crippen molar-refractivity contribution in [2.45, 2.75) is 38.6 Å². The molecule has 1 atom stereocenters. The zero-order valence-corrected chi connectivity index (χ0v) is 9.37. The van der Waals surface area contributed by atoms with E-state index in [1.54, 1.807) is 0 Å². The second-order valence-electron chi connectivity index (χ2n) is 4.54. The monoisotopic (exact) mass is 201 g/mol. The van der Waals surface area contributed by atoms with Gasteiger partial charge in [-0.05, 0) is 43.7 Å². The standard InChI is InChI=1S/C14H19N/c1-11-5-4-8-14(15)10-13-7-3-2-6-12(13)9-11/h2-3,5-7,14H,4,8-10,15H2,1H3/b11-5+. The first-order valence-corrected chi connectivity index (χ1v) is 5.73. The Morgan fingerprint density at radius 3 is 2.73 bits per heavy atom. The smallest absolute Gasteiger partial charge is 0.00823 e. The Morgan fingerprint density at radius 1 is 1.20 bits per heavy atom. The molecule has 1 aromatic carbocycles. The second-order valence-corrected chi connectivity index (χ2v) is 4.54. The molecule has 0 aliphatic heterocycles. The number of allylic oxidation sites excluding steroid dienone is 2. The first-order valence-electron chi connectivity index (χ1n) is 5.73. The van der Waals surface area contributed by atoms with Crippen LogP contribution in [0.1, 0.15) is 30.9 Å². The van der Waals surface area contributed by atoms with Crippen LogP contribution in [0.3, 0.4) is 0 Å². The number of rotatable bonds is 0. The van der Waals surface area contributed by atoms with Crippen molar-refractivity contribution in [1.29, 1.82) is 0 Å². The molecule has 0 bridgehead atoms. The van der Waals surface area contributed by atoms with Crippen LogP contribution >= 0.6 is 0 Å². The van der Waals surface area contributed by atoms with E-state index < -0.39 is 0 Å². The molecule has 0 fully saturated rings. The van der Waals surface area contributed by atoms with Gasteiger partial charge in [0, 0.05) is 6.04 Å². The summed E-state index contributed by atoms with van der Waals surface area (Å²) in [5.41, 5.74) is 10.5. The normalized spacial score (nSPS) is 25.5. The molecule has 2 rings (SSSR count). The molecule has 0 saturated heterocycles. The highest BCUT2D eigenvalue weighted by Gasteiger charge is 2.09. The van der Waals surface area contributed by atoms with Gasteiger partial charge in [-0.2, -0.15) is 0 Å². The van der Waals surface area contributed by atoms with E-state index in [2.05, 4.69) is 37.3 Å². The van der Waals surface area contributed by atoms with Gasteiger partial charge in [0.25, 0.3) is 0 Å². The fourth-order valence-corrected chi connectivity index (χ4v) is 2.23. The second kappa shape index (κ2) is 4.63. The highest BCUT2D eigenvalue weighted by Crippen LogP contribution is 2.19. The third-order valence-corrected chi connectivity index (χ3v) is 3.10. The molecule has 1 aliphatic carbocycles. The predicted octanol–water partition coefficient (Wildman–Crippen LogP) is 2.84. The minimum atomic E-state index is 0.313. The molecule has 1 aromatic rings. The van der Waals surface area contributed by atoms with Gasteiger partial charge >= 0.3 is 0 Å². The maximum atomic E-state index is 6.10. The highest BCUT2D eigenvalue weighted by atomic mass is 14.6. The molecule has 0 radical (unpaired) electrons. The van der Waals surface area contributed by atoms with Crippen molar-refractivity contribution in [3.8, 4) is 0 Å². The molecule has 1 unspecified atom stereocenters. The zero-order valence-electron chi connectivity index (χ0n) is 9.37.